The number of ether oxygens (including phenoxy) is 1. The number of likely N-dealkylation sites (N-methyl/N-ethyl adjacent to an activating group) is 1. The maximum Gasteiger partial charge on any atom is 0.330 e. The summed E-state index contributed by atoms with van der Waals surface area (Å²) in [6.07, 6.45) is 2.93. The van der Waals surface area contributed by atoms with Crippen LogP contribution in [-0.4, -0.2) is 60.0 Å². The maximum atomic E-state index is 10.6. The van der Waals surface area contributed by atoms with Crippen LogP contribution in [-0.2, 0) is 9.53 Å². The van der Waals surface area contributed by atoms with Gasteiger partial charge >= 0.3 is 5.97 Å². The van der Waals surface area contributed by atoms with E-state index in [0.717, 1.165) is 0 Å². The highest BCUT2D eigenvalue weighted by molar-refractivity contribution is 5.85. The van der Waals surface area contributed by atoms with E-state index in [2.05, 4.69) is 0 Å². The van der Waals surface area contributed by atoms with Crippen molar-refractivity contribution in [2.24, 2.45) is 0 Å². The van der Waals surface area contributed by atoms with Crippen LogP contribution in [0.15, 0.2) is 11.6 Å². The molecule has 0 atom stereocenters. The van der Waals surface area contributed by atoms with Gasteiger partial charge in [-0.05, 0) is 14.0 Å². The third-order valence-electron chi connectivity index (χ3n) is 3.03. The number of carboxylic acids is 1. The van der Waals surface area contributed by atoms with Crippen molar-refractivity contribution in [3.63, 3.8) is 0 Å². The van der Waals surface area contributed by atoms with Crippen molar-refractivity contribution in [3.8, 4) is 0 Å². The topological polar surface area (TPSA) is 70.0 Å². The predicted octanol–water partition coefficient (Wildman–Crippen LogP) is 0.491. The molecule has 0 saturated carbocycles. The standard InChI is InChI=1S/C12H21NO4/c1-10(11(14)15)3-6-13(2)9-12(16)4-7-17-8-5-12/h3,16H,4-9H2,1-2H3,(H,14,15)/b10-3-. The van der Waals surface area contributed by atoms with Crippen molar-refractivity contribution in [3.05, 3.63) is 11.6 Å². The molecule has 1 aliphatic heterocycles. The summed E-state index contributed by atoms with van der Waals surface area (Å²) in [6.45, 7) is 3.82. The van der Waals surface area contributed by atoms with Gasteiger partial charge in [0, 0.05) is 44.7 Å². The summed E-state index contributed by atoms with van der Waals surface area (Å²) in [7, 11) is 1.87. The van der Waals surface area contributed by atoms with Gasteiger partial charge in [-0.3, -0.25) is 4.90 Å². The quantitative estimate of drug-likeness (QED) is 0.688. The van der Waals surface area contributed by atoms with E-state index in [1.54, 1.807) is 13.0 Å². The van der Waals surface area contributed by atoms with E-state index < -0.39 is 11.6 Å². The Morgan fingerprint density at radius 3 is 2.59 bits per heavy atom. The molecule has 0 unspecified atom stereocenters. The molecule has 0 aromatic carbocycles. The summed E-state index contributed by atoms with van der Waals surface area (Å²) in [6, 6.07) is 0. The number of hydrogen-bond acceptors (Lipinski definition) is 4. The van der Waals surface area contributed by atoms with Crippen LogP contribution in [0.1, 0.15) is 19.8 Å². The van der Waals surface area contributed by atoms with Crippen molar-refractivity contribution in [2.75, 3.05) is 33.4 Å². The van der Waals surface area contributed by atoms with Gasteiger partial charge in [-0.15, -0.1) is 0 Å². The Hall–Kier alpha value is -0.910. The zero-order chi connectivity index (χ0) is 12.9. The molecule has 0 aromatic rings. The van der Waals surface area contributed by atoms with Gasteiger partial charge in [-0.1, -0.05) is 6.08 Å². The van der Waals surface area contributed by atoms with Crippen LogP contribution >= 0.6 is 0 Å². The van der Waals surface area contributed by atoms with E-state index in [9.17, 15) is 9.90 Å². The predicted molar refractivity (Wildman–Crippen MR) is 63.9 cm³/mol. The highest BCUT2D eigenvalue weighted by atomic mass is 16.5. The number of nitrogens with zero attached hydrogens (tertiary/aromatic N) is 1. The van der Waals surface area contributed by atoms with Crippen LogP contribution in [0.5, 0.6) is 0 Å². The van der Waals surface area contributed by atoms with Gasteiger partial charge in [0.2, 0.25) is 0 Å². The normalized spacial score (nSPS) is 20.6. The Labute approximate surface area is 102 Å². The van der Waals surface area contributed by atoms with Crippen molar-refractivity contribution in [2.45, 2.75) is 25.4 Å². The van der Waals surface area contributed by atoms with Crippen molar-refractivity contribution in [1.29, 1.82) is 0 Å². The SMILES string of the molecule is C/C(=C/CN(C)CC1(O)CCOCC1)C(=O)O. The van der Waals surface area contributed by atoms with E-state index in [4.69, 9.17) is 9.84 Å². The number of hydrogen-bond donors (Lipinski definition) is 2. The molecule has 1 fully saturated rings. The van der Waals surface area contributed by atoms with Crippen LogP contribution in [0.3, 0.4) is 0 Å². The van der Waals surface area contributed by atoms with E-state index in [-0.39, 0.29) is 0 Å². The summed E-state index contributed by atoms with van der Waals surface area (Å²) in [5.74, 6) is -0.900. The lowest BCUT2D eigenvalue weighted by Crippen LogP contribution is -2.45. The average molecular weight is 243 g/mol. The first kappa shape index (κ1) is 14.2. The van der Waals surface area contributed by atoms with Gasteiger partial charge in [0.1, 0.15) is 0 Å². The van der Waals surface area contributed by atoms with Gasteiger partial charge in [-0.2, -0.15) is 0 Å². The molecule has 98 valence electrons. The molecule has 5 heteroatoms. The largest absolute Gasteiger partial charge is 0.478 e. The highest BCUT2D eigenvalue weighted by Crippen LogP contribution is 2.21. The Bertz CT molecular complexity index is 295. The molecule has 0 spiro atoms. The van der Waals surface area contributed by atoms with Crippen molar-refractivity contribution in [1.82, 2.24) is 4.90 Å². The summed E-state index contributed by atoms with van der Waals surface area (Å²) >= 11 is 0. The van der Waals surface area contributed by atoms with Crippen molar-refractivity contribution >= 4 is 5.97 Å². The molecule has 1 heterocycles. The van der Waals surface area contributed by atoms with Crippen LogP contribution in [0, 0.1) is 0 Å². The molecule has 2 N–H and O–H groups in total. The van der Waals surface area contributed by atoms with E-state index >= 15 is 0 Å². The second-order valence-corrected chi connectivity index (χ2v) is 4.73. The van der Waals surface area contributed by atoms with Gasteiger partial charge in [-0.25, -0.2) is 4.79 Å². The fourth-order valence-electron chi connectivity index (χ4n) is 1.86. The summed E-state index contributed by atoms with van der Waals surface area (Å²) in [5, 5.41) is 19.0. The average Bonchev–Trinajstić information content (AvgIpc) is 2.26. The second-order valence-electron chi connectivity index (χ2n) is 4.73. The summed E-state index contributed by atoms with van der Waals surface area (Å²) < 4.78 is 5.21. The lowest BCUT2D eigenvalue weighted by Gasteiger charge is -2.35. The first-order valence-corrected chi connectivity index (χ1v) is 5.82. The molecule has 0 bridgehead atoms. The van der Waals surface area contributed by atoms with Crippen LogP contribution < -0.4 is 0 Å². The molecule has 0 radical (unpaired) electrons. The third-order valence-corrected chi connectivity index (χ3v) is 3.03. The fourth-order valence-corrected chi connectivity index (χ4v) is 1.86. The molecular weight excluding hydrogens is 222 g/mol. The minimum absolute atomic E-state index is 0.329. The summed E-state index contributed by atoms with van der Waals surface area (Å²) in [4.78, 5) is 12.5. The number of rotatable bonds is 5. The minimum Gasteiger partial charge on any atom is -0.478 e. The van der Waals surface area contributed by atoms with Gasteiger partial charge in [0.05, 0.1) is 5.60 Å². The third kappa shape index (κ3) is 4.85. The number of carbonyl (C=O) groups is 1. The Balaban J connectivity index is 2.40. The first-order valence-electron chi connectivity index (χ1n) is 5.82. The van der Waals surface area contributed by atoms with Crippen LogP contribution in [0.2, 0.25) is 0 Å². The molecule has 5 nitrogen and oxygen atoms in total. The smallest absolute Gasteiger partial charge is 0.330 e. The van der Waals surface area contributed by atoms with Gasteiger partial charge < -0.3 is 14.9 Å². The molecule has 1 saturated heterocycles. The van der Waals surface area contributed by atoms with Gasteiger partial charge in [0.15, 0.2) is 0 Å². The fraction of sp³-hybridized carbons (Fsp3) is 0.750. The van der Waals surface area contributed by atoms with Gasteiger partial charge in [0.25, 0.3) is 0 Å². The van der Waals surface area contributed by atoms with E-state index in [0.29, 0.717) is 44.7 Å². The molecule has 17 heavy (non-hydrogen) atoms. The second kappa shape index (κ2) is 6.14. The van der Waals surface area contributed by atoms with Crippen molar-refractivity contribution < 1.29 is 19.7 Å². The molecule has 1 rings (SSSR count). The number of aliphatic carboxylic acids is 1. The van der Waals surface area contributed by atoms with Crippen LogP contribution in [0.25, 0.3) is 0 Å². The minimum atomic E-state index is -0.900. The number of aliphatic hydroxyl groups is 1. The first-order chi connectivity index (χ1) is 7.93. The van der Waals surface area contributed by atoms with Crippen LogP contribution in [0.4, 0.5) is 0 Å². The lowest BCUT2D eigenvalue weighted by atomic mass is 9.94. The highest BCUT2D eigenvalue weighted by Gasteiger charge is 2.30. The number of carboxylic acid groups (broad SMARTS) is 1. The Morgan fingerprint density at radius 1 is 1.47 bits per heavy atom. The zero-order valence-electron chi connectivity index (χ0n) is 10.5. The Morgan fingerprint density at radius 2 is 2.06 bits per heavy atom. The lowest BCUT2D eigenvalue weighted by molar-refractivity contribution is -0.132. The molecular formula is C12H21NO4. The maximum absolute atomic E-state index is 10.6. The molecule has 0 amide bonds. The van der Waals surface area contributed by atoms with E-state index in [1.165, 1.54) is 0 Å². The monoisotopic (exact) mass is 243 g/mol. The summed E-state index contributed by atoms with van der Waals surface area (Å²) in [5.41, 5.74) is -0.367. The molecule has 0 aliphatic carbocycles. The molecule has 0 aromatic heterocycles. The van der Waals surface area contributed by atoms with E-state index in [1.807, 2.05) is 11.9 Å². The Kier molecular flexibility index (Phi) is 5.11. The zero-order valence-corrected chi connectivity index (χ0v) is 10.5. The molecule has 1 aliphatic rings.